The Hall–Kier alpha value is -3.14. The van der Waals surface area contributed by atoms with Gasteiger partial charge < -0.3 is 23.7 Å². The molecule has 11 heteroatoms. The van der Waals surface area contributed by atoms with Crippen molar-refractivity contribution >= 4 is 41.4 Å². The predicted octanol–water partition coefficient (Wildman–Crippen LogP) is 3.21. The SMILES string of the molecule is C=C(C)C(=O)OCC(COC(=O)CCC(=O)OCC(C)(C)Cl)(COC(=O)C(=C)C)COC(=O)C(=C)C. The summed E-state index contributed by atoms with van der Waals surface area (Å²) in [6.07, 6.45) is -0.584. The van der Waals surface area contributed by atoms with E-state index in [4.69, 9.17) is 35.3 Å². The van der Waals surface area contributed by atoms with E-state index in [9.17, 15) is 24.0 Å². The Balaban J connectivity index is 5.51. The van der Waals surface area contributed by atoms with Gasteiger partial charge in [-0.3, -0.25) is 9.59 Å². The van der Waals surface area contributed by atoms with Crippen molar-refractivity contribution in [3.8, 4) is 0 Å². The molecule has 0 saturated carbocycles. The maximum atomic E-state index is 12.3. The average Bonchev–Trinajstić information content (AvgIpc) is 2.78. The molecule has 0 N–H and O–H groups in total. The third kappa shape index (κ3) is 14.3. The lowest BCUT2D eigenvalue weighted by atomic mass is 9.92. The zero-order chi connectivity index (χ0) is 28.1. The number of hydrogen-bond donors (Lipinski definition) is 0. The molecule has 0 aromatic rings. The van der Waals surface area contributed by atoms with E-state index in [1.165, 1.54) is 20.8 Å². The molecule has 0 aliphatic heterocycles. The predicted molar refractivity (Wildman–Crippen MR) is 131 cm³/mol. The second-order valence-corrected chi connectivity index (χ2v) is 10.1. The highest BCUT2D eigenvalue weighted by Crippen LogP contribution is 2.23. The zero-order valence-corrected chi connectivity index (χ0v) is 22.3. The van der Waals surface area contributed by atoms with E-state index in [1.807, 2.05) is 0 Å². The highest BCUT2D eigenvalue weighted by molar-refractivity contribution is 6.23. The highest BCUT2D eigenvalue weighted by atomic mass is 35.5. The Labute approximate surface area is 216 Å². The molecule has 0 spiro atoms. The van der Waals surface area contributed by atoms with Gasteiger partial charge in [0.15, 0.2) is 0 Å². The maximum absolute atomic E-state index is 12.3. The standard InChI is InChI=1S/C25H35ClO10/c1-16(2)21(29)34-13-25(14-35-22(30)17(3)4,15-36-23(31)18(5)6)12-33-20(28)10-9-19(27)32-11-24(7,8)26/h1,3,5,9-15H2,2,4,6-8H3. The molecule has 202 valence electrons. The molecule has 0 bridgehead atoms. The molecular weight excluding hydrogens is 496 g/mol. The number of hydrogen-bond acceptors (Lipinski definition) is 10. The third-order valence-corrected chi connectivity index (χ3v) is 4.33. The van der Waals surface area contributed by atoms with Crippen molar-refractivity contribution in [2.75, 3.05) is 33.0 Å². The van der Waals surface area contributed by atoms with Crippen molar-refractivity contribution in [2.24, 2.45) is 5.41 Å². The van der Waals surface area contributed by atoms with Crippen LogP contribution in [0.15, 0.2) is 36.5 Å². The first kappa shape index (κ1) is 32.9. The zero-order valence-electron chi connectivity index (χ0n) is 21.5. The van der Waals surface area contributed by atoms with Crippen LogP contribution in [0.1, 0.15) is 47.5 Å². The number of ether oxygens (including phenoxy) is 5. The fourth-order valence-corrected chi connectivity index (χ4v) is 2.16. The van der Waals surface area contributed by atoms with Gasteiger partial charge in [-0.15, -0.1) is 11.6 Å². The van der Waals surface area contributed by atoms with Crippen LogP contribution in [-0.2, 0) is 47.7 Å². The lowest BCUT2D eigenvalue weighted by Gasteiger charge is -2.31. The molecule has 0 saturated heterocycles. The van der Waals surface area contributed by atoms with E-state index in [-0.39, 0.29) is 36.2 Å². The van der Waals surface area contributed by atoms with Gasteiger partial charge in [0, 0.05) is 16.7 Å². The van der Waals surface area contributed by atoms with Crippen LogP contribution in [-0.4, -0.2) is 67.8 Å². The Bertz CT molecular complexity index is 808. The first-order valence-corrected chi connectivity index (χ1v) is 11.3. The van der Waals surface area contributed by atoms with Crippen molar-refractivity contribution in [1.82, 2.24) is 0 Å². The van der Waals surface area contributed by atoms with Crippen LogP contribution >= 0.6 is 11.6 Å². The molecule has 0 aromatic heterocycles. The number of halogens is 1. The lowest BCUT2D eigenvalue weighted by molar-refractivity contribution is -0.168. The summed E-state index contributed by atoms with van der Waals surface area (Å²) in [6, 6.07) is 0. The highest BCUT2D eigenvalue weighted by Gasteiger charge is 2.38. The maximum Gasteiger partial charge on any atom is 0.333 e. The van der Waals surface area contributed by atoms with Crippen molar-refractivity contribution in [1.29, 1.82) is 0 Å². The Kier molecular flexibility index (Phi) is 13.8. The minimum absolute atomic E-state index is 0.0399. The average molecular weight is 531 g/mol. The van der Waals surface area contributed by atoms with Gasteiger partial charge in [-0.05, 0) is 34.6 Å². The first-order chi connectivity index (χ1) is 16.5. The summed E-state index contributed by atoms with van der Waals surface area (Å²) in [5.41, 5.74) is -1.19. The smallest absolute Gasteiger partial charge is 0.333 e. The van der Waals surface area contributed by atoms with Crippen LogP contribution in [0.3, 0.4) is 0 Å². The number of rotatable bonds is 16. The summed E-state index contributed by atoms with van der Waals surface area (Å²) in [6.45, 7) is 16.2. The third-order valence-electron chi connectivity index (χ3n) is 4.22. The molecule has 10 nitrogen and oxygen atoms in total. The van der Waals surface area contributed by atoms with Crippen LogP contribution in [0, 0.1) is 5.41 Å². The summed E-state index contributed by atoms with van der Waals surface area (Å²) < 4.78 is 25.9. The van der Waals surface area contributed by atoms with Crippen molar-refractivity contribution in [2.45, 2.75) is 52.3 Å². The van der Waals surface area contributed by atoms with Crippen molar-refractivity contribution in [3.63, 3.8) is 0 Å². The summed E-state index contributed by atoms with van der Waals surface area (Å²) in [5, 5.41) is 0. The first-order valence-electron chi connectivity index (χ1n) is 11.0. The molecule has 36 heavy (non-hydrogen) atoms. The molecule has 0 unspecified atom stereocenters. The van der Waals surface area contributed by atoms with E-state index >= 15 is 0 Å². The van der Waals surface area contributed by atoms with Crippen LogP contribution in [0.5, 0.6) is 0 Å². The quantitative estimate of drug-likeness (QED) is 0.127. The van der Waals surface area contributed by atoms with Crippen LogP contribution in [0.25, 0.3) is 0 Å². The van der Waals surface area contributed by atoms with E-state index in [0.717, 1.165) is 0 Å². The molecule has 0 aromatic carbocycles. The number of esters is 5. The van der Waals surface area contributed by atoms with Crippen molar-refractivity contribution < 1.29 is 47.7 Å². The Morgan fingerprint density at radius 3 is 1.14 bits per heavy atom. The van der Waals surface area contributed by atoms with Gasteiger partial charge in [-0.1, -0.05) is 19.7 Å². The van der Waals surface area contributed by atoms with Gasteiger partial charge in [-0.25, -0.2) is 14.4 Å². The van der Waals surface area contributed by atoms with Gasteiger partial charge >= 0.3 is 29.8 Å². The van der Waals surface area contributed by atoms with E-state index in [1.54, 1.807) is 13.8 Å². The van der Waals surface area contributed by atoms with Crippen molar-refractivity contribution in [3.05, 3.63) is 36.5 Å². The summed E-state index contributed by atoms with van der Waals surface area (Å²) in [4.78, 5) is 59.4. The van der Waals surface area contributed by atoms with E-state index in [0.29, 0.717) is 0 Å². The Morgan fingerprint density at radius 1 is 0.583 bits per heavy atom. The fraction of sp³-hybridized carbons (Fsp3) is 0.560. The van der Waals surface area contributed by atoms with E-state index in [2.05, 4.69) is 19.7 Å². The van der Waals surface area contributed by atoms with Crippen LogP contribution < -0.4 is 0 Å². The molecule has 0 heterocycles. The molecule has 0 aliphatic rings. The minimum atomic E-state index is -1.47. The fourth-order valence-electron chi connectivity index (χ4n) is 2.11. The van der Waals surface area contributed by atoms with E-state index < -0.39 is 66.6 Å². The summed E-state index contributed by atoms with van der Waals surface area (Å²) >= 11 is 5.96. The molecule has 0 radical (unpaired) electrons. The molecule has 0 fully saturated rings. The summed E-state index contributed by atoms with van der Waals surface area (Å²) in [7, 11) is 0. The number of carbonyl (C=O) groups is 5. The molecule has 0 amide bonds. The monoisotopic (exact) mass is 530 g/mol. The molecule has 0 rings (SSSR count). The molecular formula is C25H35ClO10. The van der Waals surface area contributed by atoms with Crippen LogP contribution in [0.4, 0.5) is 0 Å². The largest absolute Gasteiger partial charge is 0.465 e. The van der Waals surface area contributed by atoms with Gasteiger partial charge in [0.05, 0.1) is 17.7 Å². The van der Waals surface area contributed by atoms with Crippen LogP contribution in [0.2, 0.25) is 0 Å². The molecule has 0 aliphatic carbocycles. The minimum Gasteiger partial charge on any atom is -0.465 e. The lowest BCUT2D eigenvalue weighted by Crippen LogP contribution is -2.44. The van der Waals surface area contributed by atoms with Gasteiger partial charge in [-0.2, -0.15) is 0 Å². The topological polar surface area (TPSA) is 132 Å². The second kappa shape index (κ2) is 15.1. The van der Waals surface area contributed by atoms with Gasteiger partial charge in [0.2, 0.25) is 0 Å². The normalized spacial score (nSPS) is 11.1. The second-order valence-electron chi connectivity index (χ2n) is 9.11. The van der Waals surface area contributed by atoms with Gasteiger partial charge in [0.25, 0.3) is 0 Å². The molecule has 0 atom stereocenters. The van der Waals surface area contributed by atoms with Gasteiger partial charge in [0.1, 0.15) is 38.4 Å². The summed E-state index contributed by atoms with van der Waals surface area (Å²) in [5.74, 6) is -3.70. The number of carbonyl (C=O) groups excluding carboxylic acids is 5. The Morgan fingerprint density at radius 2 is 0.861 bits per heavy atom. The number of alkyl halides is 1.